The smallest absolute Gasteiger partial charge is 0.272 e. The lowest BCUT2D eigenvalue weighted by Crippen LogP contribution is -2.31. The largest absolute Gasteiger partial charge is 0.436 e. The number of para-hydroxylation sites is 2. The molecule has 0 radical (unpaired) electrons. The molecule has 1 aliphatic heterocycles. The normalized spacial score (nSPS) is 14.6. The monoisotopic (exact) mass is 682 g/mol. The van der Waals surface area contributed by atoms with E-state index in [9.17, 15) is 23.6 Å². The van der Waals surface area contributed by atoms with Crippen molar-refractivity contribution in [2.75, 3.05) is 10.2 Å². The number of benzene rings is 5. The van der Waals surface area contributed by atoms with Gasteiger partial charge in [-0.05, 0) is 78.9 Å². The van der Waals surface area contributed by atoms with Crippen LogP contribution in [0.15, 0.2) is 142 Å². The van der Waals surface area contributed by atoms with E-state index in [1.165, 1.54) is 40.9 Å². The van der Waals surface area contributed by atoms with Crippen LogP contribution in [-0.4, -0.2) is 33.9 Å². The van der Waals surface area contributed by atoms with Gasteiger partial charge < -0.3 is 15.1 Å². The molecule has 6 aromatic rings. The van der Waals surface area contributed by atoms with Gasteiger partial charge in [0, 0.05) is 33.7 Å². The van der Waals surface area contributed by atoms with Crippen LogP contribution in [0.3, 0.4) is 0 Å². The number of nitrogens with zero attached hydrogens (tertiary/aromatic N) is 2. The highest BCUT2D eigenvalue weighted by molar-refractivity contribution is 8.00. The van der Waals surface area contributed by atoms with Crippen molar-refractivity contribution in [2.24, 2.45) is 0 Å². The Bertz CT molecular complexity index is 2250. The zero-order valence-corrected chi connectivity index (χ0v) is 27.0. The number of carbonyl (C=O) groups is 4. The first kappa shape index (κ1) is 32.2. The van der Waals surface area contributed by atoms with Crippen LogP contribution in [0, 0.1) is 5.82 Å². The number of rotatable bonds is 9. The first-order valence-electron chi connectivity index (χ1n) is 15.6. The minimum absolute atomic E-state index is 0.00594. The summed E-state index contributed by atoms with van der Waals surface area (Å²) >= 11 is 1.20. The number of imide groups is 1. The molecule has 0 saturated carbocycles. The van der Waals surface area contributed by atoms with Crippen molar-refractivity contribution in [3.8, 4) is 11.5 Å². The lowest BCUT2D eigenvalue weighted by molar-refractivity contribution is -0.121. The number of thioether (sulfide) groups is 1. The highest BCUT2D eigenvalue weighted by Crippen LogP contribution is 2.36. The molecule has 4 amide bonds. The Morgan fingerprint density at radius 1 is 0.860 bits per heavy atom. The summed E-state index contributed by atoms with van der Waals surface area (Å²) < 4.78 is 20.3. The van der Waals surface area contributed by atoms with Gasteiger partial charge in [0.25, 0.3) is 11.8 Å². The van der Waals surface area contributed by atoms with Crippen LogP contribution in [0.2, 0.25) is 0 Å². The van der Waals surface area contributed by atoms with Crippen LogP contribution in [0.1, 0.15) is 22.3 Å². The molecule has 0 spiro atoms. The predicted octanol–water partition coefficient (Wildman–Crippen LogP) is 7.47. The molecule has 1 aliphatic rings. The molecule has 0 bridgehead atoms. The Balaban J connectivity index is 1.05. The molecule has 11 heteroatoms. The molecular formula is C39H27FN4O5S. The van der Waals surface area contributed by atoms with E-state index in [4.69, 9.17) is 4.42 Å². The van der Waals surface area contributed by atoms with Gasteiger partial charge in [-0.2, -0.15) is 0 Å². The van der Waals surface area contributed by atoms with E-state index >= 15 is 0 Å². The van der Waals surface area contributed by atoms with E-state index in [1.807, 2.05) is 24.3 Å². The molecule has 1 fully saturated rings. The van der Waals surface area contributed by atoms with Gasteiger partial charge in [-0.25, -0.2) is 14.3 Å². The van der Waals surface area contributed by atoms with Gasteiger partial charge in [0.15, 0.2) is 5.58 Å². The van der Waals surface area contributed by atoms with Gasteiger partial charge in [-0.1, -0.05) is 54.6 Å². The molecule has 0 aliphatic carbocycles. The van der Waals surface area contributed by atoms with Gasteiger partial charge >= 0.3 is 0 Å². The first-order valence-corrected chi connectivity index (χ1v) is 16.4. The van der Waals surface area contributed by atoms with E-state index in [1.54, 1.807) is 84.9 Å². The number of aromatic nitrogens is 1. The van der Waals surface area contributed by atoms with Crippen LogP contribution in [0.5, 0.6) is 0 Å². The van der Waals surface area contributed by atoms with E-state index in [0.717, 1.165) is 5.52 Å². The van der Waals surface area contributed by atoms with Gasteiger partial charge in [0.05, 0.1) is 10.9 Å². The van der Waals surface area contributed by atoms with Crippen molar-refractivity contribution in [1.82, 2.24) is 10.3 Å². The second-order valence-electron chi connectivity index (χ2n) is 11.3. The molecule has 5 aromatic carbocycles. The molecule has 0 unspecified atom stereocenters. The average molecular weight is 683 g/mol. The maximum Gasteiger partial charge on any atom is 0.272 e. The summed E-state index contributed by atoms with van der Waals surface area (Å²) in [6, 6.07) is 35.3. The molecule has 2 N–H and O–H groups in total. The summed E-state index contributed by atoms with van der Waals surface area (Å²) in [7, 11) is 0. The number of carbonyl (C=O) groups excluding carboxylic acids is 4. The van der Waals surface area contributed by atoms with Crippen molar-refractivity contribution in [3.05, 3.63) is 150 Å². The maximum absolute atomic E-state index is 14.5. The first-order chi connectivity index (χ1) is 24.3. The Labute approximate surface area is 289 Å². The fraction of sp³-hybridized carbons (Fsp3) is 0.0513. The number of halogens is 1. The SMILES string of the molecule is O=C(Nc1cccc(S[C@H]2CC(=O)N(c3ccc(-c4nc5ccccc5o4)cc3)C2=O)c1)/C(=C/c1ccccc1F)NC(=O)c1ccccc1. The third kappa shape index (κ3) is 6.94. The summed E-state index contributed by atoms with van der Waals surface area (Å²) in [5, 5.41) is 4.66. The fourth-order valence-electron chi connectivity index (χ4n) is 5.42. The Kier molecular flexibility index (Phi) is 9.04. The van der Waals surface area contributed by atoms with Crippen LogP contribution in [0.25, 0.3) is 28.6 Å². The molecule has 7 rings (SSSR count). The summed E-state index contributed by atoms with van der Waals surface area (Å²) in [5.74, 6) is -2.03. The number of hydrogen-bond donors (Lipinski definition) is 2. The second-order valence-corrected chi connectivity index (χ2v) is 12.6. The van der Waals surface area contributed by atoms with Crippen molar-refractivity contribution in [2.45, 2.75) is 16.6 Å². The third-order valence-electron chi connectivity index (χ3n) is 7.88. The van der Waals surface area contributed by atoms with Crippen LogP contribution >= 0.6 is 11.8 Å². The fourth-order valence-corrected chi connectivity index (χ4v) is 6.53. The molecule has 50 heavy (non-hydrogen) atoms. The highest BCUT2D eigenvalue weighted by atomic mass is 32.2. The van der Waals surface area contributed by atoms with Crippen LogP contribution < -0.4 is 15.5 Å². The van der Waals surface area contributed by atoms with E-state index in [2.05, 4.69) is 15.6 Å². The number of fused-ring (bicyclic) bond motifs is 1. The minimum Gasteiger partial charge on any atom is -0.436 e. The van der Waals surface area contributed by atoms with Gasteiger partial charge in [0.2, 0.25) is 17.7 Å². The van der Waals surface area contributed by atoms with Crippen molar-refractivity contribution in [3.63, 3.8) is 0 Å². The van der Waals surface area contributed by atoms with E-state index < -0.39 is 22.9 Å². The number of anilines is 2. The van der Waals surface area contributed by atoms with Crippen LogP contribution in [0.4, 0.5) is 15.8 Å². The van der Waals surface area contributed by atoms with Crippen molar-refractivity contribution >= 4 is 63.9 Å². The zero-order chi connectivity index (χ0) is 34.6. The van der Waals surface area contributed by atoms with E-state index in [0.29, 0.717) is 38.9 Å². The predicted molar refractivity (Wildman–Crippen MR) is 190 cm³/mol. The summed E-state index contributed by atoms with van der Waals surface area (Å²) in [6.07, 6.45) is 1.26. The molecule has 246 valence electrons. The lowest BCUT2D eigenvalue weighted by Gasteiger charge is -2.15. The Morgan fingerprint density at radius 2 is 1.60 bits per heavy atom. The maximum atomic E-state index is 14.5. The van der Waals surface area contributed by atoms with Crippen molar-refractivity contribution < 1.29 is 28.0 Å². The van der Waals surface area contributed by atoms with Gasteiger partial charge in [-0.15, -0.1) is 11.8 Å². The minimum atomic E-state index is -0.688. The number of hydrogen-bond acceptors (Lipinski definition) is 7. The standard InChI is InChI=1S/C39H27FN4O5S/c40-30-14-5-4-11-26(30)21-32(42-36(46)24-9-2-1-3-10-24)37(47)41-27-12-8-13-29(22-27)50-34-23-35(45)44(39(34)48)28-19-17-25(18-20-28)38-43-31-15-6-7-16-33(31)49-38/h1-22,34H,23H2,(H,41,47)(H,42,46)/b32-21-/t34-/m0/s1. The number of oxazole rings is 1. The summed E-state index contributed by atoms with van der Waals surface area (Å²) in [5.41, 5.74) is 3.18. The van der Waals surface area contributed by atoms with Gasteiger partial charge in [-0.3, -0.25) is 19.2 Å². The quantitative estimate of drug-likeness (QED) is 0.120. The second kappa shape index (κ2) is 14.0. The van der Waals surface area contributed by atoms with E-state index in [-0.39, 0.29) is 29.5 Å². The Hall–Kier alpha value is -6.33. The average Bonchev–Trinajstić information content (AvgIpc) is 3.69. The molecule has 1 atom stereocenters. The third-order valence-corrected chi connectivity index (χ3v) is 9.05. The topological polar surface area (TPSA) is 122 Å². The zero-order valence-electron chi connectivity index (χ0n) is 26.2. The molecule has 9 nitrogen and oxygen atoms in total. The van der Waals surface area contributed by atoms with Gasteiger partial charge in [0.1, 0.15) is 17.0 Å². The highest BCUT2D eigenvalue weighted by Gasteiger charge is 2.40. The summed E-state index contributed by atoms with van der Waals surface area (Å²) in [4.78, 5) is 59.2. The molecular weight excluding hydrogens is 656 g/mol. The molecule has 2 heterocycles. The molecule has 1 aromatic heterocycles. The lowest BCUT2D eigenvalue weighted by atomic mass is 10.1. The van der Waals surface area contributed by atoms with Crippen LogP contribution in [-0.2, 0) is 14.4 Å². The summed E-state index contributed by atoms with van der Waals surface area (Å²) in [6.45, 7) is 0. The van der Waals surface area contributed by atoms with Crippen molar-refractivity contribution in [1.29, 1.82) is 0 Å². The number of nitrogens with one attached hydrogen (secondary N) is 2. The molecule has 1 saturated heterocycles. The number of amides is 4. The Morgan fingerprint density at radius 3 is 2.38 bits per heavy atom.